The molecular formula is C30H26FNO4. The van der Waals surface area contributed by atoms with Gasteiger partial charge in [-0.1, -0.05) is 54.6 Å². The monoisotopic (exact) mass is 483 g/mol. The van der Waals surface area contributed by atoms with E-state index in [4.69, 9.17) is 0 Å². The SMILES string of the molecule is O=C1[C@H](CC[C@H](O)c2ccccc2)[C@@H](c2ccc(-c3ccc(O)cc3)cc2O)N1c1ccc(F)cc1. The van der Waals surface area contributed by atoms with Crippen molar-refractivity contribution < 1.29 is 24.5 Å². The average molecular weight is 484 g/mol. The number of anilines is 1. The Bertz CT molecular complexity index is 1360. The summed E-state index contributed by atoms with van der Waals surface area (Å²) in [5, 5.41) is 31.2. The molecule has 1 heterocycles. The number of amides is 1. The Morgan fingerprint density at radius 1 is 0.833 bits per heavy atom. The fourth-order valence-corrected chi connectivity index (χ4v) is 4.88. The number of aliphatic hydroxyl groups is 1. The van der Waals surface area contributed by atoms with E-state index in [9.17, 15) is 24.5 Å². The minimum atomic E-state index is -0.704. The number of carbonyl (C=O) groups excluding carboxylic acids is 1. The molecule has 0 saturated carbocycles. The summed E-state index contributed by atoms with van der Waals surface area (Å²) in [5.74, 6) is -0.776. The Balaban J connectivity index is 1.44. The third-order valence-electron chi connectivity index (χ3n) is 6.80. The number of hydrogen-bond donors (Lipinski definition) is 3. The first kappa shape index (κ1) is 23.6. The largest absolute Gasteiger partial charge is 0.508 e. The molecule has 4 aromatic carbocycles. The molecule has 1 aliphatic heterocycles. The standard InChI is InChI=1S/C30H26FNO4/c31-22-9-11-23(12-10-22)32-29(26(30(32)36)16-17-27(34)20-4-2-1-3-5-20)25-15-8-21(18-28(25)35)19-6-13-24(33)14-7-19/h1-15,18,26-27,29,33-35H,16-17H2/t26-,27+,29-/m1/s1. The maximum atomic E-state index is 13.5. The molecule has 1 saturated heterocycles. The van der Waals surface area contributed by atoms with Crippen LogP contribution in [0.25, 0.3) is 11.1 Å². The second-order valence-corrected chi connectivity index (χ2v) is 9.06. The minimum Gasteiger partial charge on any atom is -0.508 e. The number of phenolic OH excluding ortho intramolecular Hbond substituents is 2. The van der Waals surface area contributed by atoms with Gasteiger partial charge in [0.1, 0.15) is 17.3 Å². The molecule has 3 atom stereocenters. The third-order valence-corrected chi connectivity index (χ3v) is 6.80. The molecule has 3 N–H and O–H groups in total. The first-order valence-electron chi connectivity index (χ1n) is 11.9. The Hall–Kier alpha value is -4.16. The van der Waals surface area contributed by atoms with E-state index < -0.39 is 23.9 Å². The van der Waals surface area contributed by atoms with Crippen LogP contribution < -0.4 is 4.90 Å². The van der Waals surface area contributed by atoms with Crippen LogP contribution in [0.3, 0.4) is 0 Å². The van der Waals surface area contributed by atoms with E-state index in [1.807, 2.05) is 36.4 Å². The molecule has 0 unspecified atom stereocenters. The van der Waals surface area contributed by atoms with Crippen molar-refractivity contribution >= 4 is 11.6 Å². The van der Waals surface area contributed by atoms with Gasteiger partial charge in [-0.25, -0.2) is 4.39 Å². The van der Waals surface area contributed by atoms with Crippen LogP contribution in [0.2, 0.25) is 0 Å². The van der Waals surface area contributed by atoms with E-state index in [-0.39, 0.29) is 17.4 Å². The highest BCUT2D eigenvalue weighted by atomic mass is 19.1. The molecule has 1 aliphatic rings. The van der Waals surface area contributed by atoms with Gasteiger partial charge in [-0.2, -0.15) is 0 Å². The highest BCUT2D eigenvalue weighted by Crippen LogP contribution is 2.49. The van der Waals surface area contributed by atoms with E-state index in [1.165, 1.54) is 12.1 Å². The normalized spacial score (nSPS) is 18.1. The molecule has 5 nitrogen and oxygen atoms in total. The van der Waals surface area contributed by atoms with Gasteiger partial charge in [-0.3, -0.25) is 4.79 Å². The Morgan fingerprint density at radius 3 is 2.17 bits per heavy atom. The number of nitrogens with zero attached hydrogens (tertiary/aromatic N) is 1. The van der Waals surface area contributed by atoms with Gasteiger partial charge in [-0.05, 0) is 72.0 Å². The lowest BCUT2D eigenvalue weighted by Gasteiger charge is -2.48. The van der Waals surface area contributed by atoms with Gasteiger partial charge < -0.3 is 20.2 Å². The van der Waals surface area contributed by atoms with Gasteiger partial charge in [0.25, 0.3) is 0 Å². The number of phenols is 2. The van der Waals surface area contributed by atoms with Crippen LogP contribution in [0.5, 0.6) is 11.5 Å². The Kier molecular flexibility index (Phi) is 6.44. The lowest BCUT2D eigenvalue weighted by atomic mass is 9.77. The third kappa shape index (κ3) is 4.55. The van der Waals surface area contributed by atoms with Crippen molar-refractivity contribution in [2.45, 2.75) is 25.0 Å². The molecule has 36 heavy (non-hydrogen) atoms. The van der Waals surface area contributed by atoms with Gasteiger partial charge in [0.05, 0.1) is 18.1 Å². The zero-order chi connectivity index (χ0) is 25.2. The highest BCUT2D eigenvalue weighted by molar-refractivity contribution is 6.03. The summed E-state index contributed by atoms with van der Waals surface area (Å²) in [7, 11) is 0. The molecule has 0 aromatic heterocycles. The number of β-lactam (4-membered cyclic amide) rings is 1. The van der Waals surface area contributed by atoms with Crippen LogP contribution in [-0.4, -0.2) is 21.2 Å². The molecule has 1 fully saturated rings. The molecule has 182 valence electrons. The van der Waals surface area contributed by atoms with Crippen molar-refractivity contribution in [2.75, 3.05) is 4.90 Å². The summed E-state index contributed by atoms with van der Waals surface area (Å²) >= 11 is 0. The second-order valence-electron chi connectivity index (χ2n) is 9.06. The van der Waals surface area contributed by atoms with Crippen molar-refractivity contribution in [1.82, 2.24) is 0 Å². The van der Waals surface area contributed by atoms with Crippen LogP contribution in [0, 0.1) is 11.7 Å². The molecule has 0 bridgehead atoms. The Labute approximate surface area is 208 Å². The molecule has 0 spiro atoms. The molecule has 4 aromatic rings. The molecule has 0 aliphatic carbocycles. The van der Waals surface area contributed by atoms with Crippen LogP contribution in [0.1, 0.15) is 36.1 Å². The van der Waals surface area contributed by atoms with Crippen molar-refractivity contribution in [2.24, 2.45) is 5.92 Å². The van der Waals surface area contributed by atoms with E-state index >= 15 is 0 Å². The molecule has 6 heteroatoms. The zero-order valence-electron chi connectivity index (χ0n) is 19.5. The summed E-state index contributed by atoms with van der Waals surface area (Å²) in [4.78, 5) is 14.8. The summed E-state index contributed by atoms with van der Waals surface area (Å²) in [6.45, 7) is 0. The van der Waals surface area contributed by atoms with Crippen LogP contribution in [0.4, 0.5) is 10.1 Å². The van der Waals surface area contributed by atoms with Crippen LogP contribution >= 0.6 is 0 Å². The van der Waals surface area contributed by atoms with Crippen molar-refractivity contribution in [1.29, 1.82) is 0 Å². The van der Waals surface area contributed by atoms with Gasteiger partial charge in [-0.15, -0.1) is 0 Å². The predicted molar refractivity (Wildman–Crippen MR) is 136 cm³/mol. The number of aliphatic hydroxyl groups excluding tert-OH is 1. The van der Waals surface area contributed by atoms with Gasteiger partial charge in [0.15, 0.2) is 0 Å². The highest BCUT2D eigenvalue weighted by Gasteiger charge is 2.49. The number of aromatic hydroxyl groups is 2. The van der Waals surface area contributed by atoms with E-state index in [2.05, 4.69) is 0 Å². The Morgan fingerprint density at radius 2 is 1.50 bits per heavy atom. The van der Waals surface area contributed by atoms with Gasteiger partial charge >= 0.3 is 0 Å². The smallest absolute Gasteiger partial charge is 0.233 e. The number of hydrogen-bond acceptors (Lipinski definition) is 4. The van der Waals surface area contributed by atoms with Crippen LogP contribution in [0.15, 0.2) is 97.1 Å². The lowest BCUT2D eigenvalue weighted by Crippen LogP contribution is -2.55. The molecule has 5 rings (SSSR count). The molecular weight excluding hydrogens is 457 g/mol. The zero-order valence-corrected chi connectivity index (χ0v) is 19.5. The molecule has 0 radical (unpaired) electrons. The van der Waals surface area contributed by atoms with Crippen molar-refractivity contribution in [3.05, 3.63) is 114 Å². The van der Waals surface area contributed by atoms with Crippen LogP contribution in [-0.2, 0) is 4.79 Å². The predicted octanol–water partition coefficient (Wildman–Crippen LogP) is 6.12. The second kappa shape index (κ2) is 9.84. The number of halogens is 1. The van der Waals surface area contributed by atoms with Gasteiger partial charge in [0.2, 0.25) is 5.91 Å². The fraction of sp³-hybridized carbons (Fsp3) is 0.167. The summed E-state index contributed by atoms with van der Waals surface area (Å²) in [6.07, 6.45) is 0.113. The van der Waals surface area contributed by atoms with E-state index in [1.54, 1.807) is 53.4 Å². The van der Waals surface area contributed by atoms with E-state index in [0.717, 1.165) is 16.7 Å². The first-order chi connectivity index (χ1) is 17.4. The van der Waals surface area contributed by atoms with Crippen molar-refractivity contribution in [3.8, 4) is 22.6 Å². The summed E-state index contributed by atoms with van der Waals surface area (Å²) in [6, 6.07) is 26.5. The number of rotatable bonds is 7. The minimum absolute atomic E-state index is 0.0406. The number of carbonyl (C=O) groups is 1. The van der Waals surface area contributed by atoms with E-state index in [0.29, 0.717) is 24.1 Å². The average Bonchev–Trinajstić information content (AvgIpc) is 2.89. The maximum Gasteiger partial charge on any atom is 0.233 e. The maximum absolute atomic E-state index is 13.5. The fourth-order valence-electron chi connectivity index (χ4n) is 4.88. The summed E-state index contributed by atoms with van der Waals surface area (Å²) in [5.41, 5.74) is 3.52. The lowest BCUT2D eigenvalue weighted by molar-refractivity contribution is -0.131. The quantitative estimate of drug-likeness (QED) is 0.277. The molecule has 1 amide bonds. The summed E-state index contributed by atoms with van der Waals surface area (Å²) < 4.78 is 13.5. The first-order valence-corrected chi connectivity index (χ1v) is 11.9. The van der Waals surface area contributed by atoms with Crippen molar-refractivity contribution in [3.63, 3.8) is 0 Å². The topological polar surface area (TPSA) is 81.0 Å². The van der Waals surface area contributed by atoms with Gasteiger partial charge in [0, 0.05) is 11.3 Å². The number of benzene rings is 4.